The van der Waals surface area contributed by atoms with E-state index in [9.17, 15) is 19.8 Å². The van der Waals surface area contributed by atoms with Crippen molar-refractivity contribution in [1.82, 2.24) is 10.2 Å². The van der Waals surface area contributed by atoms with E-state index in [-0.39, 0.29) is 25.0 Å². The minimum Gasteiger partial charge on any atom is -0.486 e. The van der Waals surface area contributed by atoms with Crippen LogP contribution >= 0.6 is 0 Å². The summed E-state index contributed by atoms with van der Waals surface area (Å²) >= 11 is 0. The number of rotatable bonds is 8. The van der Waals surface area contributed by atoms with Gasteiger partial charge in [0.15, 0.2) is 0 Å². The summed E-state index contributed by atoms with van der Waals surface area (Å²) in [6, 6.07) is 7.03. The minimum absolute atomic E-state index is 0.117. The summed E-state index contributed by atoms with van der Waals surface area (Å²) in [5.41, 5.74) is 1.70. The van der Waals surface area contributed by atoms with Crippen molar-refractivity contribution < 1.29 is 24.5 Å². The molecule has 0 spiro atoms. The number of carbonyl (C=O) groups is 2. The molecule has 2 amide bonds. The van der Waals surface area contributed by atoms with Gasteiger partial charge in [-0.15, -0.1) is 0 Å². The van der Waals surface area contributed by atoms with Gasteiger partial charge in [0, 0.05) is 30.6 Å². The quantitative estimate of drug-likeness (QED) is 0.444. The van der Waals surface area contributed by atoms with Gasteiger partial charge in [-0.1, -0.05) is 38.5 Å². The molecule has 3 N–H and O–H groups in total. The van der Waals surface area contributed by atoms with Gasteiger partial charge in [-0.3, -0.25) is 9.59 Å². The number of para-hydroxylation sites is 1. The average molecular weight is 563 g/mol. The Bertz CT molecular complexity index is 1230. The molecule has 7 aliphatic rings. The topological polar surface area (TPSA) is 99.1 Å². The van der Waals surface area contributed by atoms with Crippen LogP contribution in [0, 0.1) is 40.9 Å². The number of nitrogens with zero attached hydrogens (tertiary/aromatic N) is 1. The van der Waals surface area contributed by atoms with Crippen molar-refractivity contribution >= 4 is 11.8 Å². The van der Waals surface area contributed by atoms with Gasteiger partial charge in [0.1, 0.15) is 18.0 Å². The third-order valence-corrected chi connectivity index (χ3v) is 12.3. The number of hydrogen-bond acceptors (Lipinski definition) is 5. The van der Waals surface area contributed by atoms with Crippen LogP contribution in [0.4, 0.5) is 0 Å². The molecule has 5 fully saturated rings. The maximum Gasteiger partial charge on any atom is 0.247 e. The second-order valence-corrected chi connectivity index (χ2v) is 14.6. The Balaban J connectivity index is 1.23. The molecule has 10 atom stereocenters. The molecule has 1 heterocycles. The fourth-order valence-electron chi connectivity index (χ4n) is 9.98. The second-order valence-electron chi connectivity index (χ2n) is 14.6. The molecule has 1 aromatic carbocycles. The molecule has 1 aliphatic heterocycles. The molecule has 7 nitrogen and oxygen atoms in total. The van der Waals surface area contributed by atoms with Crippen LogP contribution in [-0.2, 0) is 9.59 Å². The van der Waals surface area contributed by atoms with Gasteiger partial charge in [-0.2, -0.15) is 0 Å². The molecule has 41 heavy (non-hydrogen) atoms. The lowest BCUT2D eigenvalue weighted by Crippen LogP contribution is -2.60. The highest BCUT2D eigenvalue weighted by atomic mass is 16.5. The third kappa shape index (κ3) is 4.53. The van der Waals surface area contributed by atoms with Crippen molar-refractivity contribution in [2.75, 3.05) is 19.7 Å². The number of fused-ring (bicyclic) bond motifs is 7. The molecule has 0 saturated heterocycles. The van der Waals surface area contributed by atoms with Crippen molar-refractivity contribution in [2.24, 2.45) is 40.9 Å². The number of nitrogens with one attached hydrogen (secondary N) is 1. The predicted molar refractivity (Wildman–Crippen MR) is 155 cm³/mol. The van der Waals surface area contributed by atoms with Crippen molar-refractivity contribution in [3.63, 3.8) is 0 Å². The Hall–Kier alpha value is -2.38. The molecule has 222 valence electrons. The minimum atomic E-state index is -0.948. The number of carbonyl (C=O) groups excluding carboxylic acids is 2. The van der Waals surface area contributed by atoms with Crippen LogP contribution in [-0.4, -0.2) is 64.9 Å². The largest absolute Gasteiger partial charge is 0.486 e. The first kappa shape index (κ1) is 27.5. The van der Waals surface area contributed by atoms with E-state index >= 15 is 0 Å². The van der Waals surface area contributed by atoms with Crippen molar-refractivity contribution in [1.29, 1.82) is 0 Å². The van der Waals surface area contributed by atoms with Crippen LogP contribution < -0.4 is 10.1 Å². The van der Waals surface area contributed by atoms with Crippen molar-refractivity contribution in [2.45, 2.75) is 89.4 Å². The molecule has 10 unspecified atom stereocenters. The zero-order valence-corrected chi connectivity index (χ0v) is 24.5. The highest BCUT2D eigenvalue weighted by Gasteiger charge is 2.56. The number of amides is 2. The zero-order chi connectivity index (χ0) is 28.5. The van der Waals surface area contributed by atoms with E-state index < -0.39 is 24.2 Å². The normalized spacial score (nSPS) is 39.2. The molecule has 0 aromatic heterocycles. The van der Waals surface area contributed by atoms with Gasteiger partial charge >= 0.3 is 0 Å². The lowest BCUT2D eigenvalue weighted by molar-refractivity contribution is -0.147. The average Bonchev–Trinajstić information content (AvgIpc) is 3.70. The number of hydrogen-bond donors (Lipinski definition) is 3. The second kappa shape index (κ2) is 10.4. The van der Waals surface area contributed by atoms with E-state index in [0.29, 0.717) is 53.4 Å². The van der Waals surface area contributed by atoms with Crippen LogP contribution in [0.3, 0.4) is 0 Å². The summed E-state index contributed by atoms with van der Waals surface area (Å²) in [6.45, 7) is 5.38. The fraction of sp³-hybridized carbons (Fsp3) is 0.706. The molecule has 4 bridgehead atoms. The Morgan fingerprint density at radius 3 is 2.61 bits per heavy atom. The van der Waals surface area contributed by atoms with E-state index in [1.165, 1.54) is 32.1 Å². The maximum atomic E-state index is 14.3. The van der Waals surface area contributed by atoms with Gasteiger partial charge in [0.05, 0.1) is 18.6 Å². The lowest BCUT2D eigenvalue weighted by Gasteiger charge is -2.61. The molecule has 6 aliphatic carbocycles. The number of benzene rings is 1. The predicted octanol–water partition coefficient (Wildman–Crippen LogP) is 4.04. The fourth-order valence-corrected chi connectivity index (χ4v) is 9.98. The number of ether oxygens (including phenoxy) is 1. The third-order valence-electron chi connectivity index (χ3n) is 12.3. The Morgan fingerprint density at radius 2 is 1.90 bits per heavy atom. The summed E-state index contributed by atoms with van der Waals surface area (Å²) in [4.78, 5) is 29.8. The highest BCUT2D eigenvalue weighted by molar-refractivity contribution is 5.96. The lowest BCUT2D eigenvalue weighted by atomic mass is 9.45. The standard InChI is InChI=1S/C34H46N2O5/c1-34(2)23-10-9-21(26(34)16-23)18-36(29(38)15-22-14-19-7-8-20(22)13-19)27-17-25(33(40)35-11-12-37)30-24-5-3-4-6-28(24)41-32(30)31(27)39/h3-6,17,19-23,26-27,30-32,37,39H,7-16,18H2,1-2H3,(H,35,40). The highest BCUT2D eigenvalue weighted by Crippen LogP contribution is 2.61. The van der Waals surface area contributed by atoms with Crippen LogP contribution in [0.2, 0.25) is 0 Å². The van der Waals surface area contributed by atoms with E-state index in [4.69, 9.17) is 4.74 Å². The summed E-state index contributed by atoms with van der Waals surface area (Å²) in [5.74, 6) is 3.70. The molecule has 0 radical (unpaired) electrons. The first-order valence-electron chi connectivity index (χ1n) is 16.1. The molecule has 1 aromatic rings. The zero-order valence-electron chi connectivity index (χ0n) is 24.5. The van der Waals surface area contributed by atoms with E-state index in [0.717, 1.165) is 30.2 Å². The van der Waals surface area contributed by atoms with Crippen LogP contribution in [0.1, 0.15) is 76.7 Å². The molecular weight excluding hydrogens is 516 g/mol. The summed E-state index contributed by atoms with van der Waals surface area (Å²) in [5, 5.41) is 24.2. The number of aliphatic hydroxyl groups excluding tert-OH is 2. The van der Waals surface area contributed by atoms with E-state index in [2.05, 4.69) is 19.2 Å². The van der Waals surface area contributed by atoms with Crippen LogP contribution in [0.5, 0.6) is 5.75 Å². The SMILES string of the molecule is CC1(C)C2CCC(CN(C(=O)CC3CC4CCC3C4)C3C=C(C(=O)NCCO)C4c5ccccc5OC4C3O)C1C2. The maximum absolute atomic E-state index is 14.3. The van der Waals surface area contributed by atoms with Gasteiger partial charge in [0.2, 0.25) is 11.8 Å². The Labute approximate surface area is 243 Å². The monoisotopic (exact) mass is 562 g/mol. The van der Waals surface area contributed by atoms with Gasteiger partial charge in [-0.05, 0) is 91.6 Å². The molecule has 8 rings (SSSR count). The van der Waals surface area contributed by atoms with E-state index in [1.807, 2.05) is 35.2 Å². The Morgan fingerprint density at radius 1 is 1.07 bits per heavy atom. The summed E-state index contributed by atoms with van der Waals surface area (Å²) in [6.07, 6.45) is 9.28. The summed E-state index contributed by atoms with van der Waals surface area (Å²) in [7, 11) is 0. The van der Waals surface area contributed by atoms with Gasteiger partial charge < -0.3 is 25.2 Å². The first-order valence-corrected chi connectivity index (χ1v) is 16.1. The van der Waals surface area contributed by atoms with Crippen LogP contribution in [0.25, 0.3) is 0 Å². The van der Waals surface area contributed by atoms with E-state index in [1.54, 1.807) is 0 Å². The van der Waals surface area contributed by atoms with Crippen LogP contribution in [0.15, 0.2) is 35.9 Å². The molecule has 5 saturated carbocycles. The molecule has 7 heteroatoms. The van der Waals surface area contributed by atoms with Gasteiger partial charge in [0.25, 0.3) is 0 Å². The van der Waals surface area contributed by atoms with Crippen molar-refractivity contribution in [3.05, 3.63) is 41.5 Å². The van der Waals surface area contributed by atoms with Gasteiger partial charge in [-0.25, -0.2) is 0 Å². The van der Waals surface area contributed by atoms with Crippen molar-refractivity contribution in [3.8, 4) is 5.75 Å². The Kier molecular flexibility index (Phi) is 6.97. The summed E-state index contributed by atoms with van der Waals surface area (Å²) < 4.78 is 6.34. The first-order chi connectivity index (χ1) is 19.8. The molecular formula is C34H46N2O5. The smallest absolute Gasteiger partial charge is 0.247 e. The number of aliphatic hydroxyl groups is 2.